The number of piperidine rings is 1. The average molecular weight is 390 g/mol. The third kappa shape index (κ3) is 4.33. The molecule has 6 nitrogen and oxygen atoms in total. The second kappa shape index (κ2) is 8.30. The maximum atomic E-state index is 13.0. The summed E-state index contributed by atoms with van der Waals surface area (Å²) in [4.78, 5) is 38.9. The molecule has 0 unspecified atom stereocenters. The molecule has 1 aromatic heterocycles. The summed E-state index contributed by atoms with van der Waals surface area (Å²) >= 11 is 1.19. The lowest BCUT2D eigenvalue weighted by molar-refractivity contribution is -0.121. The number of benzene rings is 1. The summed E-state index contributed by atoms with van der Waals surface area (Å²) in [5.74, 6) is -1.75. The molecular formula is C19H19FN2O4S. The van der Waals surface area contributed by atoms with Gasteiger partial charge in [-0.1, -0.05) is 0 Å². The van der Waals surface area contributed by atoms with Crippen molar-refractivity contribution in [1.29, 1.82) is 0 Å². The van der Waals surface area contributed by atoms with E-state index < -0.39 is 11.8 Å². The van der Waals surface area contributed by atoms with Crippen LogP contribution in [-0.4, -0.2) is 42.9 Å². The summed E-state index contributed by atoms with van der Waals surface area (Å²) in [5, 5.41) is 4.47. The Hall–Kier alpha value is -2.74. The number of nitrogens with zero attached hydrogens (tertiary/aromatic N) is 1. The zero-order chi connectivity index (χ0) is 19.4. The summed E-state index contributed by atoms with van der Waals surface area (Å²) in [6.45, 7) is 0.825. The number of amides is 2. The first-order valence-electron chi connectivity index (χ1n) is 8.51. The van der Waals surface area contributed by atoms with Gasteiger partial charge in [0.2, 0.25) is 5.91 Å². The first-order chi connectivity index (χ1) is 13.0. The van der Waals surface area contributed by atoms with E-state index in [-0.39, 0.29) is 24.3 Å². The lowest BCUT2D eigenvalue weighted by Crippen LogP contribution is -2.43. The minimum atomic E-state index is -0.503. The van der Waals surface area contributed by atoms with Gasteiger partial charge in [-0.25, -0.2) is 9.18 Å². The van der Waals surface area contributed by atoms with Crippen LogP contribution in [0.3, 0.4) is 0 Å². The van der Waals surface area contributed by atoms with Crippen molar-refractivity contribution < 1.29 is 23.5 Å². The summed E-state index contributed by atoms with van der Waals surface area (Å²) in [6, 6.07) is 7.02. The number of carbonyl (C=O) groups is 3. The molecule has 1 aliphatic rings. The predicted molar refractivity (Wildman–Crippen MR) is 99.3 cm³/mol. The smallest absolute Gasteiger partial charge is 0.350 e. The molecule has 1 N–H and O–H groups in total. The van der Waals surface area contributed by atoms with Gasteiger partial charge in [0.25, 0.3) is 5.91 Å². The number of ether oxygens (including phenoxy) is 1. The average Bonchev–Trinajstić information content (AvgIpc) is 3.15. The molecule has 0 saturated carbocycles. The van der Waals surface area contributed by atoms with Crippen LogP contribution < -0.4 is 5.32 Å². The molecule has 2 amide bonds. The van der Waals surface area contributed by atoms with E-state index in [1.807, 2.05) is 0 Å². The number of hydrogen-bond donors (Lipinski definition) is 1. The molecule has 1 atom stereocenters. The molecule has 27 heavy (non-hydrogen) atoms. The van der Waals surface area contributed by atoms with Gasteiger partial charge in [0.05, 0.1) is 18.7 Å². The first-order valence-corrected chi connectivity index (χ1v) is 9.39. The predicted octanol–water partition coefficient (Wildman–Crippen LogP) is 3.16. The largest absolute Gasteiger partial charge is 0.465 e. The van der Waals surface area contributed by atoms with Crippen molar-refractivity contribution in [1.82, 2.24) is 4.90 Å². The number of carbonyl (C=O) groups excluding carboxylic acids is 3. The minimum Gasteiger partial charge on any atom is -0.465 e. The van der Waals surface area contributed by atoms with E-state index in [1.165, 1.54) is 42.7 Å². The zero-order valence-corrected chi connectivity index (χ0v) is 15.6. The van der Waals surface area contributed by atoms with E-state index in [0.29, 0.717) is 35.5 Å². The molecule has 0 bridgehead atoms. The second-order valence-corrected chi connectivity index (χ2v) is 7.16. The Morgan fingerprint density at radius 1 is 1.22 bits per heavy atom. The fourth-order valence-electron chi connectivity index (χ4n) is 3.04. The van der Waals surface area contributed by atoms with Gasteiger partial charge in [-0.3, -0.25) is 9.59 Å². The molecule has 1 fully saturated rings. The van der Waals surface area contributed by atoms with Crippen LogP contribution >= 0.6 is 11.3 Å². The van der Waals surface area contributed by atoms with E-state index in [2.05, 4.69) is 5.32 Å². The number of nitrogens with one attached hydrogen (secondary N) is 1. The molecule has 1 saturated heterocycles. The molecule has 8 heteroatoms. The number of likely N-dealkylation sites (tertiary alicyclic amines) is 1. The topological polar surface area (TPSA) is 75.7 Å². The minimum absolute atomic E-state index is 0.224. The molecular weight excluding hydrogens is 371 g/mol. The lowest BCUT2D eigenvalue weighted by atomic mass is 9.96. The van der Waals surface area contributed by atoms with Gasteiger partial charge in [0.1, 0.15) is 10.7 Å². The summed E-state index contributed by atoms with van der Waals surface area (Å²) < 4.78 is 17.8. The third-order valence-electron chi connectivity index (χ3n) is 4.46. The van der Waals surface area contributed by atoms with E-state index in [0.717, 1.165) is 0 Å². The van der Waals surface area contributed by atoms with Crippen molar-refractivity contribution in [2.75, 3.05) is 25.5 Å². The van der Waals surface area contributed by atoms with E-state index in [1.54, 1.807) is 16.3 Å². The van der Waals surface area contributed by atoms with Gasteiger partial charge in [-0.2, -0.15) is 0 Å². The van der Waals surface area contributed by atoms with Crippen LogP contribution in [0.5, 0.6) is 0 Å². The highest BCUT2D eigenvalue weighted by molar-refractivity contribution is 7.12. The Morgan fingerprint density at radius 3 is 2.67 bits per heavy atom. The van der Waals surface area contributed by atoms with E-state index >= 15 is 0 Å². The summed E-state index contributed by atoms with van der Waals surface area (Å²) in [5.41, 5.74) is 0.808. The van der Waals surface area contributed by atoms with E-state index in [9.17, 15) is 18.8 Å². The molecule has 142 valence electrons. The number of rotatable bonds is 4. The fourth-order valence-corrected chi connectivity index (χ4v) is 3.81. The van der Waals surface area contributed by atoms with Gasteiger partial charge in [-0.05, 0) is 48.6 Å². The first kappa shape index (κ1) is 19.0. The van der Waals surface area contributed by atoms with Crippen molar-refractivity contribution in [3.8, 4) is 0 Å². The summed E-state index contributed by atoms with van der Waals surface area (Å²) in [7, 11) is 1.29. The van der Waals surface area contributed by atoms with Gasteiger partial charge >= 0.3 is 5.97 Å². The Labute approximate surface area is 159 Å². The molecule has 2 heterocycles. The standard InChI is InChI=1S/C19H19FN2O4S/c1-26-19(25)16-15(8-10-27-16)21-17(23)13-3-2-9-22(11-13)18(24)12-4-6-14(20)7-5-12/h4-8,10,13H,2-3,9,11H2,1H3,(H,21,23)/t13-/m0/s1. The van der Waals surface area contributed by atoms with Gasteiger partial charge in [0, 0.05) is 18.7 Å². The number of hydrogen-bond acceptors (Lipinski definition) is 5. The number of halogens is 1. The number of methoxy groups -OCH3 is 1. The van der Waals surface area contributed by atoms with Crippen LogP contribution in [0.15, 0.2) is 35.7 Å². The third-order valence-corrected chi connectivity index (χ3v) is 5.36. The van der Waals surface area contributed by atoms with Crippen LogP contribution in [0.25, 0.3) is 0 Å². The van der Waals surface area contributed by atoms with Crippen LogP contribution in [0.1, 0.15) is 32.9 Å². The van der Waals surface area contributed by atoms with Crippen molar-refractivity contribution in [2.45, 2.75) is 12.8 Å². The zero-order valence-electron chi connectivity index (χ0n) is 14.7. The normalized spacial score (nSPS) is 16.7. The van der Waals surface area contributed by atoms with Crippen molar-refractivity contribution in [3.63, 3.8) is 0 Å². The lowest BCUT2D eigenvalue weighted by Gasteiger charge is -2.32. The Kier molecular flexibility index (Phi) is 5.85. The molecule has 0 radical (unpaired) electrons. The number of esters is 1. The Balaban J connectivity index is 1.66. The molecule has 3 rings (SSSR count). The van der Waals surface area contributed by atoms with Crippen LogP contribution in [0.4, 0.5) is 10.1 Å². The molecule has 2 aromatic rings. The highest BCUT2D eigenvalue weighted by atomic mass is 32.1. The SMILES string of the molecule is COC(=O)c1sccc1NC(=O)[C@H]1CCCN(C(=O)c2ccc(F)cc2)C1. The highest BCUT2D eigenvalue weighted by Crippen LogP contribution is 2.26. The van der Waals surface area contributed by atoms with Crippen LogP contribution in [-0.2, 0) is 9.53 Å². The fraction of sp³-hybridized carbons (Fsp3) is 0.316. The quantitative estimate of drug-likeness (QED) is 0.814. The van der Waals surface area contributed by atoms with E-state index in [4.69, 9.17) is 4.74 Å². The van der Waals surface area contributed by atoms with Crippen molar-refractivity contribution >= 4 is 34.8 Å². The number of thiophene rings is 1. The second-order valence-electron chi connectivity index (χ2n) is 6.24. The van der Waals surface area contributed by atoms with Gasteiger partial charge in [0.15, 0.2) is 0 Å². The molecule has 1 aliphatic heterocycles. The molecule has 1 aromatic carbocycles. The van der Waals surface area contributed by atoms with Crippen molar-refractivity contribution in [2.24, 2.45) is 5.92 Å². The molecule has 0 spiro atoms. The van der Waals surface area contributed by atoms with Gasteiger partial charge < -0.3 is 15.0 Å². The van der Waals surface area contributed by atoms with Crippen molar-refractivity contribution in [3.05, 3.63) is 52.0 Å². The monoisotopic (exact) mass is 390 g/mol. The maximum Gasteiger partial charge on any atom is 0.350 e. The molecule has 0 aliphatic carbocycles. The highest BCUT2D eigenvalue weighted by Gasteiger charge is 2.29. The summed E-state index contributed by atoms with van der Waals surface area (Å²) in [6.07, 6.45) is 1.34. The Bertz CT molecular complexity index is 850. The van der Waals surface area contributed by atoms with Crippen LogP contribution in [0, 0.1) is 11.7 Å². The maximum absolute atomic E-state index is 13.0. The number of anilines is 1. The van der Waals surface area contributed by atoms with Gasteiger partial charge in [-0.15, -0.1) is 11.3 Å². The van der Waals surface area contributed by atoms with Crippen LogP contribution in [0.2, 0.25) is 0 Å². The Morgan fingerprint density at radius 2 is 1.96 bits per heavy atom.